The first-order valence-corrected chi connectivity index (χ1v) is 5.66. The van der Waals surface area contributed by atoms with Gasteiger partial charge in [0, 0.05) is 32.7 Å². The van der Waals surface area contributed by atoms with Crippen LogP contribution in [0.3, 0.4) is 0 Å². The summed E-state index contributed by atoms with van der Waals surface area (Å²) in [6.45, 7) is 5.79. The lowest BCUT2D eigenvalue weighted by Crippen LogP contribution is -2.46. The normalized spacial score (nSPS) is 29.6. The van der Waals surface area contributed by atoms with Crippen LogP contribution in [-0.4, -0.2) is 62.8 Å². The predicted molar refractivity (Wildman–Crippen MR) is 56.7 cm³/mol. The maximum atomic E-state index is 11.3. The predicted octanol–water partition coefficient (Wildman–Crippen LogP) is -1.20. The van der Waals surface area contributed by atoms with Crippen LogP contribution in [0, 0.1) is 0 Å². The van der Waals surface area contributed by atoms with Crippen molar-refractivity contribution < 1.29 is 9.53 Å². The molecule has 2 aliphatic heterocycles. The first-order valence-electron chi connectivity index (χ1n) is 5.66. The van der Waals surface area contributed by atoms with Crippen LogP contribution in [0.1, 0.15) is 6.42 Å². The first kappa shape index (κ1) is 10.9. The highest BCUT2D eigenvalue weighted by molar-refractivity contribution is 5.78. The Bertz CT molecular complexity index is 217. The van der Waals surface area contributed by atoms with Crippen molar-refractivity contribution >= 4 is 5.91 Å². The molecular formula is C10H19N3O2. The Morgan fingerprint density at radius 3 is 3.20 bits per heavy atom. The summed E-state index contributed by atoms with van der Waals surface area (Å²) >= 11 is 0. The van der Waals surface area contributed by atoms with Crippen LogP contribution >= 0.6 is 0 Å². The lowest BCUT2D eigenvalue weighted by Gasteiger charge is -2.28. The van der Waals surface area contributed by atoms with E-state index in [-0.39, 0.29) is 12.0 Å². The fraction of sp³-hybridized carbons (Fsp3) is 0.900. The molecule has 5 nitrogen and oxygen atoms in total. The third-order valence-corrected chi connectivity index (χ3v) is 2.81. The minimum atomic E-state index is 0.135. The summed E-state index contributed by atoms with van der Waals surface area (Å²) in [4.78, 5) is 13.5. The van der Waals surface area contributed by atoms with Gasteiger partial charge in [-0.05, 0) is 6.42 Å². The molecule has 0 bridgehead atoms. The molecule has 2 aliphatic rings. The zero-order chi connectivity index (χ0) is 10.5. The van der Waals surface area contributed by atoms with Crippen molar-refractivity contribution in [2.24, 2.45) is 0 Å². The molecule has 2 rings (SSSR count). The molecule has 0 aromatic rings. The van der Waals surface area contributed by atoms with Gasteiger partial charge in [0.25, 0.3) is 0 Å². The smallest absolute Gasteiger partial charge is 0.234 e. The number of amides is 1. The molecule has 1 amide bonds. The molecule has 0 aromatic heterocycles. The minimum absolute atomic E-state index is 0.135. The average molecular weight is 213 g/mol. The van der Waals surface area contributed by atoms with Crippen LogP contribution in [0.4, 0.5) is 0 Å². The van der Waals surface area contributed by atoms with E-state index in [1.54, 1.807) is 0 Å². The Kier molecular flexibility index (Phi) is 3.94. The topological polar surface area (TPSA) is 53.6 Å². The van der Waals surface area contributed by atoms with Crippen LogP contribution in [0.2, 0.25) is 0 Å². The highest BCUT2D eigenvalue weighted by atomic mass is 16.5. The summed E-state index contributed by atoms with van der Waals surface area (Å²) in [6.07, 6.45) is 1.27. The monoisotopic (exact) mass is 213 g/mol. The summed E-state index contributed by atoms with van der Waals surface area (Å²) in [5.74, 6) is 0.135. The lowest BCUT2D eigenvalue weighted by molar-refractivity contribution is -0.121. The number of nitrogens with one attached hydrogen (secondary N) is 2. The molecule has 0 saturated carbocycles. The number of rotatable bonds is 2. The van der Waals surface area contributed by atoms with Gasteiger partial charge >= 0.3 is 0 Å². The molecule has 2 heterocycles. The number of carbonyl (C=O) groups is 1. The molecule has 1 unspecified atom stereocenters. The molecule has 0 spiro atoms. The SMILES string of the molecule is O=C1CN(CC2CNCCO2)CCCN1. The minimum Gasteiger partial charge on any atom is -0.374 e. The molecule has 0 radical (unpaired) electrons. The van der Waals surface area contributed by atoms with E-state index in [0.29, 0.717) is 6.54 Å². The van der Waals surface area contributed by atoms with Crippen LogP contribution in [0.25, 0.3) is 0 Å². The summed E-state index contributed by atoms with van der Waals surface area (Å²) in [5, 5.41) is 6.17. The zero-order valence-corrected chi connectivity index (χ0v) is 9.00. The highest BCUT2D eigenvalue weighted by Crippen LogP contribution is 2.02. The Morgan fingerprint density at radius 1 is 1.47 bits per heavy atom. The van der Waals surface area contributed by atoms with Gasteiger partial charge in [-0.1, -0.05) is 0 Å². The molecule has 2 fully saturated rings. The fourth-order valence-electron chi connectivity index (χ4n) is 2.05. The van der Waals surface area contributed by atoms with Crippen molar-refractivity contribution in [3.63, 3.8) is 0 Å². The summed E-state index contributed by atoms with van der Waals surface area (Å²) in [7, 11) is 0. The van der Waals surface area contributed by atoms with Crippen molar-refractivity contribution in [2.45, 2.75) is 12.5 Å². The molecule has 2 saturated heterocycles. The van der Waals surface area contributed by atoms with E-state index in [1.165, 1.54) is 0 Å². The zero-order valence-electron chi connectivity index (χ0n) is 9.00. The van der Waals surface area contributed by atoms with Gasteiger partial charge in [0.05, 0.1) is 19.3 Å². The number of morpholine rings is 1. The van der Waals surface area contributed by atoms with E-state index in [9.17, 15) is 4.79 Å². The summed E-state index contributed by atoms with van der Waals surface area (Å²) in [5.41, 5.74) is 0. The quantitative estimate of drug-likeness (QED) is 0.605. The lowest BCUT2D eigenvalue weighted by atomic mass is 10.2. The van der Waals surface area contributed by atoms with Gasteiger partial charge in [0.1, 0.15) is 0 Å². The standard InChI is InChI=1S/C10H19N3O2/c14-10-8-13(4-1-2-12-10)7-9-6-11-3-5-15-9/h9,11H,1-8H2,(H,12,14). The van der Waals surface area contributed by atoms with Gasteiger partial charge in [-0.15, -0.1) is 0 Å². The highest BCUT2D eigenvalue weighted by Gasteiger charge is 2.20. The molecule has 0 aromatic carbocycles. The van der Waals surface area contributed by atoms with Gasteiger partial charge in [0.15, 0.2) is 0 Å². The summed E-state index contributed by atoms with van der Waals surface area (Å²) < 4.78 is 5.62. The number of carbonyl (C=O) groups excluding carboxylic acids is 1. The Labute approximate surface area is 90.1 Å². The maximum absolute atomic E-state index is 11.3. The van der Waals surface area contributed by atoms with Crippen molar-refractivity contribution in [1.82, 2.24) is 15.5 Å². The summed E-state index contributed by atoms with van der Waals surface area (Å²) in [6, 6.07) is 0. The van der Waals surface area contributed by atoms with Gasteiger partial charge in [-0.25, -0.2) is 0 Å². The van der Waals surface area contributed by atoms with Crippen LogP contribution < -0.4 is 10.6 Å². The molecule has 2 N–H and O–H groups in total. The Morgan fingerprint density at radius 2 is 2.40 bits per heavy atom. The van der Waals surface area contributed by atoms with Crippen molar-refractivity contribution in [3.8, 4) is 0 Å². The van der Waals surface area contributed by atoms with E-state index in [2.05, 4.69) is 15.5 Å². The van der Waals surface area contributed by atoms with Gasteiger partial charge in [0.2, 0.25) is 5.91 Å². The van der Waals surface area contributed by atoms with E-state index in [4.69, 9.17) is 4.74 Å². The van der Waals surface area contributed by atoms with Gasteiger partial charge in [-0.2, -0.15) is 0 Å². The van der Waals surface area contributed by atoms with Crippen LogP contribution in [0.5, 0.6) is 0 Å². The van der Waals surface area contributed by atoms with Crippen LogP contribution in [0.15, 0.2) is 0 Å². The van der Waals surface area contributed by atoms with Crippen molar-refractivity contribution in [3.05, 3.63) is 0 Å². The number of ether oxygens (including phenoxy) is 1. The number of nitrogens with zero attached hydrogens (tertiary/aromatic N) is 1. The molecule has 86 valence electrons. The maximum Gasteiger partial charge on any atom is 0.234 e. The molecular weight excluding hydrogens is 194 g/mol. The average Bonchev–Trinajstić information content (AvgIpc) is 2.44. The molecule has 15 heavy (non-hydrogen) atoms. The van der Waals surface area contributed by atoms with E-state index >= 15 is 0 Å². The van der Waals surface area contributed by atoms with E-state index < -0.39 is 0 Å². The Balaban J connectivity index is 1.78. The number of hydrogen-bond acceptors (Lipinski definition) is 4. The largest absolute Gasteiger partial charge is 0.374 e. The third kappa shape index (κ3) is 3.44. The van der Waals surface area contributed by atoms with E-state index in [0.717, 1.165) is 45.8 Å². The fourth-order valence-corrected chi connectivity index (χ4v) is 2.05. The second-order valence-electron chi connectivity index (χ2n) is 4.14. The van der Waals surface area contributed by atoms with Crippen molar-refractivity contribution in [1.29, 1.82) is 0 Å². The van der Waals surface area contributed by atoms with Gasteiger partial charge < -0.3 is 15.4 Å². The van der Waals surface area contributed by atoms with Crippen molar-refractivity contribution in [2.75, 3.05) is 45.9 Å². The third-order valence-electron chi connectivity index (χ3n) is 2.81. The second-order valence-corrected chi connectivity index (χ2v) is 4.14. The molecule has 0 aliphatic carbocycles. The van der Waals surface area contributed by atoms with Crippen LogP contribution in [-0.2, 0) is 9.53 Å². The first-order chi connectivity index (χ1) is 7.34. The Hall–Kier alpha value is -0.650. The van der Waals surface area contributed by atoms with Gasteiger partial charge in [-0.3, -0.25) is 9.69 Å². The second kappa shape index (κ2) is 5.44. The molecule has 1 atom stereocenters. The molecule has 5 heteroatoms. The number of hydrogen-bond donors (Lipinski definition) is 2. The van der Waals surface area contributed by atoms with E-state index in [1.807, 2.05) is 0 Å².